The van der Waals surface area contributed by atoms with Gasteiger partial charge in [-0.1, -0.05) is 88.7 Å². The lowest BCUT2D eigenvalue weighted by molar-refractivity contribution is -0.146. The molecule has 5 heteroatoms. The molecule has 0 heterocycles. The van der Waals surface area contributed by atoms with E-state index in [1.807, 2.05) is 84.9 Å². The van der Waals surface area contributed by atoms with Crippen molar-refractivity contribution in [3.8, 4) is 11.8 Å². The summed E-state index contributed by atoms with van der Waals surface area (Å²) in [5.41, 5.74) is 0.436. The maximum Gasteiger partial charge on any atom is 0.325 e. The third kappa shape index (κ3) is 4.22. The molecular formula is C28H22BrNO3. The molecule has 0 saturated carbocycles. The minimum Gasteiger partial charge on any atom is -0.496 e. The maximum absolute atomic E-state index is 13.0. The summed E-state index contributed by atoms with van der Waals surface area (Å²) in [5, 5.41) is 23.0. The predicted octanol–water partition coefficient (Wildman–Crippen LogP) is 6.58. The van der Waals surface area contributed by atoms with Crippen molar-refractivity contribution in [3.63, 3.8) is 0 Å². The Balaban J connectivity index is 2.04. The Morgan fingerprint density at radius 1 is 0.970 bits per heavy atom. The maximum atomic E-state index is 13.0. The normalized spacial score (nSPS) is 13.6. The van der Waals surface area contributed by atoms with E-state index in [-0.39, 0.29) is 6.42 Å². The van der Waals surface area contributed by atoms with Crippen molar-refractivity contribution in [3.05, 3.63) is 112 Å². The number of ether oxygens (including phenoxy) is 1. The molecule has 0 aliphatic rings. The summed E-state index contributed by atoms with van der Waals surface area (Å²) in [4.78, 5) is 13.0. The van der Waals surface area contributed by atoms with Gasteiger partial charge in [0, 0.05) is 22.4 Å². The molecule has 2 atom stereocenters. The second-order valence-corrected chi connectivity index (χ2v) is 8.85. The van der Waals surface area contributed by atoms with Gasteiger partial charge in [0.2, 0.25) is 0 Å². The van der Waals surface area contributed by atoms with Crippen molar-refractivity contribution in [1.82, 2.24) is 0 Å². The summed E-state index contributed by atoms with van der Waals surface area (Å²) in [7, 11) is 1.56. The largest absolute Gasteiger partial charge is 0.496 e. The fourth-order valence-corrected chi connectivity index (χ4v) is 4.75. The first kappa shape index (κ1) is 22.6. The van der Waals surface area contributed by atoms with Crippen LogP contribution in [0.15, 0.2) is 95.5 Å². The van der Waals surface area contributed by atoms with Gasteiger partial charge in [-0.05, 0) is 40.1 Å². The number of carboxylic acid groups (broad SMARTS) is 1. The van der Waals surface area contributed by atoms with Crippen LogP contribution in [0.5, 0.6) is 5.75 Å². The molecule has 0 aromatic heterocycles. The van der Waals surface area contributed by atoms with E-state index in [0.29, 0.717) is 11.3 Å². The van der Waals surface area contributed by atoms with Gasteiger partial charge in [0.1, 0.15) is 5.75 Å². The number of carboxylic acids is 1. The van der Waals surface area contributed by atoms with Gasteiger partial charge in [0.05, 0.1) is 13.2 Å². The van der Waals surface area contributed by atoms with Crippen LogP contribution in [0.1, 0.15) is 22.6 Å². The number of aliphatic carboxylic acids is 1. The average molecular weight is 500 g/mol. The summed E-state index contributed by atoms with van der Waals surface area (Å²) < 4.78 is 6.53. The van der Waals surface area contributed by atoms with Crippen molar-refractivity contribution < 1.29 is 14.6 Å². The SMILES string of the molecule is COc1ccccc1C(c1cccc2ccccc12)C(C#N)(Cc1ccc(Br)cc1)C(=O)O. The standard InChI is InChI=1S/C28H22BrNO3/c1-33-25-12-5-4-10-24(25)26(23-11-6-8-20-7-2-3-9-22(20)23)28(18-30,27(31)32)17-19-13-15-21(29)16-14-19/h2-16,26H,17H2,1H3,(H,31,32). The lowest BCUT2D eigenvalue weighted by atomic mass is 9.65. The van der Waals surface area contributed by atoms with E-state index in [2.05, 4.69) is 22.0 Å². The summed E-state index contributed by atoms with van der Waals surface area (Å²) >= 11 is 3.42. The number of benzene rings is 4. The van der Waals surface area contributed by atoms with Crippen molar-refractivity contribution in [2.24, 2.45) is 5.41 Å². The molecule has 4 aromatic rings. The topological polar surface area (TPSA) is 70.3 Å². The first-order chi connectivity index (χ1) is 16.0. The molecule has 0 amide bonds. The fourth-order valence-electron chi connectivity index (χ4n) is 4.48. The van der Waals surface area contributed by atoms with Gasteiger partial charge in [-0.3, -0.25) is 4.79 Å². The lowest BCUT2D eigenvalue weighted by Crippen LogP contribution is -2.39. The van der Waals surface area contributed by atoms with E-state index in [0.717, 1.165) is 26.4 Å². The monoisotopic (exact) mass is 499 g/mol. The minimum absolute atomic E-state index is 0.0397. The van der Waals surface area contributed by atoms with Gasteiger partial charge in [-0.25, -0.2) is 0 Å². The summed E-state index contributed by atoms with van der Waals surface area (Å²) in [6, 6.07) is 30.6. The molecule has 0 aliphatic carbocycles. The van der Waals surface area contributed by atoms with Gasteiger partial charge in [0.15, 0.2) is 5.41 Å². The van der Waals surface area contributed by atoms with Gasteiger partial charge in [0.25, 0.3) is 0 Å². The number of hydrogen-bond acceptors (Lipinski definition) is 3. The summed E-state index contributed by atoms with van der Waals surface area (Å²) in [5.74, 6) is -1.39. The highest BCUT2D eigenvalue weighted by Gasteiger charge is 2.49. The number of nitriles is 1. The zero-order chi connectivity index (χ0) is 23.4. The number of carbonyl (C=O) groups is 1. The molecule has 0 aliphatic heterocycles. The molecule has 2 unspecified atom stereocenters. The smallest absolute Gasteiger partial charge is 0.325 e. The van der Waals surface area contributed by atoms with Crippen LogP contribution in [0.2, 0.25) is 0 Å². The molecule has 0 spiro atoms. The number of halogens is 1. The Morgan fingerprint density at radius 3 is 2.30 bits per heavy atom. The number of methoxy groups -OCH3 is 1. The molecule has 164 valence electrons. The molecule has 1 N–H and O–H groups in total. The van der Waals surface area contributed by atoms with Crippen LogP contribution < -0.4 is 4.74 Å². The van der Waals surface area contributed by atoms with Crippen LogP contribution in [-0.4, -0.2) is 18.2 Å². The third-order valence-corrected chi connectivity index (χ3v) is 6.58. The highest BCUT2D eigenvalue weighted by molar-refractivity contribution is 9.10. The van der Waals surface area contributed by atoms with E-state index in [9.17, 15) is 15.2 Å². The first-order valence-electron chi connectivity index (χ1n) is 10.5. The zero-order valence-electron chi connectivity index (χ0n) is 18.0. The van der Waals surface area contributed by atoms with Crippen LogP contribution in [-0.2, 0) is 11.2 Å². The second kappa shape index (κ2) is 9.48. The quantitative estimate of drug-likeness (QED) is 0.311. The van der Waals surface area contributed by atoms with Crippen LogP contribution >= 0.6 is 15.9 Å². The van der Waals surface area contributed by atoms with Crippen molar-refractivity contribution in [2.45, 2.75) is 12.3 Å². The number of fused-ring (bicyclic) bond motifs is 1. The third-order valence-electron chi connectivity index (χ3n) is 6.05. The molecular weight excluding hydrogens is 478 g/mol. The van der Waals surface area contributed by atoms with Gasteiger partial charge in [-0.2, -0.15) is 5.26 Å². The van der Waals surface area contributed by atoms with Crippen LogP contribution in [0, 0.1) is 16.7 Å². The molecule has 4 aromatic carbocycles. The molecule has 0 bridgehead atoms. The molecule has 4 rings (SSSR count). The number of rotatable bonds is 7. The Kier molecular flexibility index (Phi) is 6.48. The van der Waals surface area contributed by atoms with Gasteiger partial charge >= 0.3 is 5.97 Å². The minimum atomic E-state index is -1.77. The molecule has 0 radical (unpaired) electrons. The van der Waals surface area contributed by atoms with Gasteiger partial charge < -0.3 is 9.84 Å². The van der Waals surface area contributed by atoms with Crippen LogP contribution in [0.3, 0.4) is 0 Å². The molecule has 0 fully saturated rings. The second-order valence-electron chi connectivity index (χ2n) is 7.93. The van der Waals surface area contributed by atoms with E-state index in [1.165, 1.54) is 0 Å². The molecule has 4 nitrogen and oxygen atoms in total. The number of hydrogen-bond donors (Lipinski definition) is 1. The highest BCUT2D eigenvalue weighted by atomic mass is 79.9. The van der Waals surface area contributed by atoms with E-state index in [4.69, 9.17) is 4.74 Å². The van der Waals surface area contributed by atoms with E-state index >= 15 is 0 Å². The fraction of sp³-hybridized carbons (Fsp3) is 0.143. The zero-order valence-corrected chi connectivity index (χ0v) is 19.6. The lowest BCUT2D eigenvalue weighted by Gasteiger charge is -2.34. The van der Waals surface area contributed by atoms with Crippen molar-refractivity contribution in [1.29, 1.82) is 5.26 Å². The predicted molar refractivity (Wildman–Crippen MR) is 132 cm³/mol. The van der Waals surface area contributed by atoms with Gasteiger partial charge in [-0.15, -0.1) is 0 Å². The number of nitrogens with zero attached hydrogens (tertiary/aromatic N) is 1. The summed E-state index contributed by atoms with van der Waals surface area (Å²) in [6.07, 6.45) is 0.0397. The van der Waals surface area contributed by atoms with Crippen LogP contribution in [0.25, 0.3) is 10.8 Å². The highest BCUT2D eigenvalue weighted by Crippen LogP contribution is 2.48. The average Bonchev–Trinajstić information content (AvgIpc) is 2.85. The Labute approximate surface area is 201 Å². The summed E-state index contributed by atoms with van der Waals surface area (Å²) in [6.45, 7) is 0. The van der Waals surface area contributed by atoms with Crippen LogP contribution in [0.4, 0.5) is 0 Å². The molecule has 0 saturated heterocycles. The van der Waals surface area contributed by atoms with E-state index in [1.54, 1.807) is 13.2 Å². The molecule has 33 heavy (non-hydrogen) atoms. The first-order valence-corrected chi connectivity index (χ1v) is 11.3. The van der Waals surface area contributed by atoms with E-state index < -0.39 is 17.3 Å². The van der Waals surface area contributed by atoms with Crippen molar-refractivity contribution in [2.75, 3.05) is 7.11 Å². The Hall–Kier alpha value is -3.62. The Bertz CT molecular complexity index is 1340. The number of para-hydroxylation sites is 1. The van der Waals surface area contributed by atoms with Crippen molar-refractivity contribution >= 4 is 32.7 Å². The Morgan fingerprint density at radius 2 is 1.61 bits per heavy atom.